The van der Waals surface area contributed by atoms with E-state index >= 15 is 0 Å². The highest BCUT2D eigenvalue weighted by atomic mass is 32.2. The topological polar surface area (TPSA) is 86.6 Å². The largest absolute Gasteiger partial charge is 0.467 e. The van der Waals surface area contributed by atoms with Crippen molar-refractivity contribution in [3.63, 3.8) is 0 Å². The van der Waals surface area contributed by atoms with Gasteiger partial charge >= 0.3 is 0 Å². The molecular formula is C15H19N3O4S. The van der Waals surface area contributed by atoms with Crippen molar-refractivity contribution < 1.29 is 17.6 Å². The van der Waals surface area contributed by atoms with E-state index in [1.54, 1.807) is 25.4 Å². The predicted molar refractivity (Wildman–Crippen MR) is 83.3 cm³/mol. The number of carbonyl (C=O) groups is 1. The first-order valence-corrected chi connectivity index (χ1v) is 8.89. The summed E-state index contributed by atoms with van der Waals surface area (Å²) in [6.45, 7) is 1.39. The summed E-state index contributed by atoms with van der Waals surface area (Å²) >= 11 is 0. The molecule has 8 heteroatoms. The van der Waals surface area contributed by atoms with Crippen LogP contribution in [0.1, 0.15) is 29.1 Å². The standard InChI is InChI=1S/C15H19N3O4S/c1-17(11-12-5-4-8-22-12)15(19)14-9-13(10-16-14)23(20,21)18-6-2-3-7-18/h4-5,8-10,16H,2-3,6-7,11H2,1H3. The van der Waals surface area contributed by atoms with Gasteiger partial charge in [-0.15, -0.1) is 0 Å². The molecule has 2 aromatic rings. The first-order chi connectivity index (χ1) is 11.0. The number of rotatable bonds is 5. The van der Waals surface area contributed by atoms with Crippen molar-refractivity contribution in [2.24, 2.45) is 0 Å². The lowest BCUT2D eigenvalue weighted by molar-refractivity contribution is 0.0770. The van der Waals surface area contributed by atoms with Crippen LogP contribution in [0.25, 0.3) is 0 Å². The smallest absolute Gasteiger partial charge is 0.270 e. The molecule has 0 aliphatic carbocycles. The quantitative estimate of drug-likeness (QED) is 0.899. The average Bonchev–Trinajstić information content (AvgIpc) is 3.26. The van der Waals surface area contributed by atoms with E-state index in [2.05, 4.69) is 4.98 Å². The van der Waals surface area contributed by atoms with Crippen LogP contribution in [0.2, 0.25) is 0 Å². The molecule has 0 atom stereocenters. The molecule has 3 heterocycles. The van der Waals surface area contributed by atoms with Crippen LogP contribution >= 0.6 is 0 Å². The molecule has 3 rings (SSSR count). The van der Waals surface area contributed by atoms with Gasteiger partial charge in [0.15, 0.2) is 0 Å². The van der Waals surface area contributed by atoms with E-state index in [0.717, 1.165) is 12.8 Å². The molecule has 0 radical (unpaired) electrons. The van der Waals surface area contributed by atoms with E-state index in [4.69, 9.17) is 4.42 Å². The lowest BCUT2D eigenvalue weighted by Crippen LogP contribution is -2.28. The molecule has 0 unspecified atom stereocenters. The van der Waals surface area contributed by atoms with E-state index in [1.165, 1.54) is 21.5 Å². The molecule has 0 saturated carbocycles. The molecule has 1 amide bonds. The zero-order valence-corrected chi connectivity index (χ0v) is 13.7. The number of aromatic amines is 1. The van der Waals surface area contributed by atoms with Gasteiger partial charge in [-0.25, -0.2) is 8.42 Å². The van der Waals surface area contributed by atoms with Crippen LogP contribution in [-0.4, -0.2) is 48.7 Å². The maximum Gasteiger partial charge on any atom is 0.270 e. The van der Waals surface area contributed by atoms with Gasteiger partial charge in [-0.1, -0.05) is 0 Å². The molecule has 0 bridgehead atoms. The van der Waals surface area contributed by atoms with Crippen molar-refractivity contribution in [1.29, 1.82) is 0 Å². The minimum atomic E-state index is -3.51. The fourth-order valence-corrected chi connectivity index (χ4v) is 4.15. The molecule has 1 aliphatic rings. The Bertz CT molecular complexity index is 774. The number of carbonyl (C=O) groups excluding carboxylic acids is 1. The maximum atomic E-state index is 12.5. The third-order valence-electron chi connectivity index (χ3n) is 3.91. The maximum absolute atomic E-state index is 12.5. The van der Waals surface area contributed by atoms with Crippen molar-refractivity contribution in [2.75, 3.05) is 20.1 Å². The number of nitrogens with zero attached hydrogens (tertiary/aromatic N) is 2. The molecule has 7 nitrogen and oxygen atoms in total. The van der Waals surface area contributed by atoms with Crippen LogP contribution in [0.15, 0.2) is 40.0 Å². The summed E-state index contributed by atoms with van der Waals surface area (Å²) in [7, 11) is -1.87. The Labute approximate surface area is 134 Å². The van der Waals surface area contributed by atoms with Crippen molar-refractivity contribution in [2.45, 2.75) is 24.3 Å². The second-order valence-electron chi connectivity index (χ2n) is 5.60. The fraction of sp³-hybridized carbons (Fsp3) is 0.400. The molecule has 1 aliphatic heterocycles. The van der Waals surface area contributed by atoms with E-state index < -0.39 is 10.0 Å². The Balaban J connectivity index is 1.74. The first kappa shape index (κ1) is 15.8. The number of hydrogen-bond acceptors (Lipinski definition) is 4. The molecule has 0 spiro atoms. The summed E-state index contributed by atoms with van der Waals surface area (Å²) in [6, 6.07) is 4.93. The van der Waals surface area contributed by atoms with Gasteiger partial charge < -0.3 is 14.3 Å². The highest BCUT2D eigenvalue weighted by molar-refractivity contribution is 7.89. The van der Waals surface area contributed by atoms with Gasteiger partial charge in [0.2, 0.25) is 10.0 Å². The van der Waals surface area contributed by atoms with Crippen molar-refractivity contribution >= 4 is 15.9 Å². The highest BCUT2D eigenvalue weighted by Crippen LogP contribution is 2.22. The summed E-state index contributed by atoms with van der Waals surface area (Å²) in [4.78, 5) is 16.7. The molecule has 1 saturated heterocycles. The normalized spacial score (nSPS) is 15.9. The van der Waals surface area contributed by atoms with Gasteiger partial charge in [-0.05, 0) is 31.0 Å². The van der Waals surface area contributed by atoms with Gasteiger partial charge in [0.05, 0.1) is 12.8 Å². The van der Waals surface area contributed by atoms with E-state index in [-0.39, 0.29) is 16.5 Å². The monoisotopic (exact) mass is 337 g/mol. The molecule has 0 aromatic carbocycles. The number of hydrogen-bond donors (Lipinski definition) is 1. The second-order valence-corrected chi connectivity index (χ2v) is 7.54. The Morgan fingerprint density at radius 2 is 2.13 bits per heavy atom. The highest BCUT2D eigenvalue weighted by Gasteiger charge is 2.29. The van der Waals surface area contributed by atoms with Crippen LogP contribution in [-0.2, 0) is 16.6 Å². The molecule has 23 heavy (non-hydrogen) atoms. The average molecular weight is 337 g/mol. The second kappa shape index (κ2) is 6.21. The Morgan fingerprint density at radius 3 is 2.78 bits per heavy atom. The fourth-order valence-electron chi connectivity index (χ4n) is 2.64. The van der Waals surface area contributed by atoms with Crippen LogP contribution < -0.4 is 0 Å². The molecule has 1 N–H and O–H groups in total. The SMILES string of the molecule is CN(Cc1ccco1)C(=O)c1cc(S(=O)(=O)N2CCCC2)c[nH]1. The van der Waals surface area contributed by atoms with Crippen LogP contribution in [0.5, 0.6) is 0 Å². The van der Waals surface area contributed by atoms with Gasteiger partial charge in [-0.2, -0.15) is 4.31 Å². The van der Waals surface area contributed by atoms with Crippen molar-refractivity contribution in [1.82, 2.24) is 14.2 Å². The minimum Gasteiger partial charge on any atom is -0.467 e. The third kappa shape index (κ3) is 3.18. The van der Waals surface area contributed by atoms with E-state index in [1.807, 2.05) is 0 Å². The number of furan rings is 1. The van der Waals surface area contributed by atoms with E-state index in [0.29, 0.717) is 25.4 Å². The zero-order chi connectivity index (χ0) is 16.4. The number of amides is 1. The zero-order valence-electron chi connectivity index (χ0n) is 12.9. The number of nitrogens with one attached hydrogen (secondary N) is 1. The number of H-pyrrole nitrogens is 1. The van der Waals surface area contributed by atoms with E-state index in [9.17, 15) is 13.2 Å². The molecule has 124 valence electrons. The molecule has 1 fully saturated rings. The van der Waals surface area contributed by atoms with Crippen molar-refractivity contribution in [3.05, 3.63) is 42.1 Å². The summed E-state index contributed by atoms with van der Waals surface area (Å²) in [5.74, 6) is 0.376. The van der Waals surface area contributed by atoms with Crippen molar-refractivity contribution in [3.8, 4) is 0 Å². The molecular weight excluding hydrogens is 318 g/mol. The lowest BCUT2D eigenvalue weighted by Gasteiger charge is -2.15. The van der Waals surface area contributed by atoms with Gasteiger partial charge in [-0.3, -0.25) is 4.79 Å². The summed E-state index contributed by atoms with van der Waals surface area (Å²) in [5.41, 5.74) is 0.247. The van der Waals surface area contributed by atoms with Gasteiger partial charge in [0.1, 0.15) is 16.3 Å². The Morgan fingerprint density at radius 1 is 1.39 bits per heavy atom. The lowest BCUT2D eigenvalue weighted by atomic mass is 10.3. The number of aromatic nitrogens is 1. The Kier molecular flexibility index (Phi) is 4.27. The van der Waals surface area contributed by atoms with Crippen LogP contribution in [0, 0.1) is 0 Å². The Hall–Kier alpha value is -2.06. The van der Waals surface area contributed by atoms with Crippen LogP contribution in [0.4, 0.5) is 0 Å². The number of sulfonamides is 1. The van der Waals surface area contributed by atoms with Crippen LogP contribution in [0.3, 0.4) is 0 Å². The minimum absolute atomic E-state index is 0.133. The summed E-state index contributed by atoms with van der Waals surface area (Å²) in [6.07, 6.45) is 4.67. The summed E-state index contributed by atoms with van der Waals surface area (Å²) < 4.78 is 31.6. The summed E-state index contributed by atoms with van der Waals surface area (Å²) in [5, 5.41) is 0. The van der Waals surface area contributed by atoms with Gasteiger partial charge in [0.25, 0.3) is 5.91 Å². The first-order valence-electron chi connectivity index (χ1n) is 7.45. The predicted octanol–water partition coefficient (Wildman–Crippen LogP) is 1.66. The third-order valence-corrected chi connectivity index (χ3v) is 5.79. The molecule has 2 aromatic heterocycles. The van der Waals surface area contributed by atoms with Gasteiger partial charge in [0, 0.05) is 26.3 Å².